The lowest BCUT2D eigenvalue weighted by Crippen LogP contribution is -2.52. The number of carbonyl (C=O) groups excluding carboxylic acids is 2. The SMILES string of the molecule is CCNC(=O)CN(CC)C(=O)NCC1(C(=O)O)CCC1. The van der Waals surface area contributed by atoms with E-state index in [-0.39, 0.29) is 19.0 Å². The summed E-state index contributed by atoms with van der Waals surface area (Å²) in [6, 6.07) is -0.397. The van der Waals surface area contributed by atoms with Crippen molar-refractivity contribution in [1.82, 2.24) is 15.5 Å². The number of carboxylic acids is 1. The zero-order valence-electron chi connectivity index (χ0n) is 12.1. The molecule has 3 amide bonds. The van der Waals surface area contributed by atoms with Crippen molar-refractivity contribution >= 4 is 17.9 Å². The summed E-state index contributed by atoms with van der Waals surface area (Å²) >= 11 is 0. The Hall–Kier alpha value is -1.79. The predicted molar refractivity (Wildman–Crippen MR) is 73.2 cm³/mol. The Bertz CT molecular complexity index is 380. The number of aliphatic carboxylic acids is 1. The summed E-state index contributed by atoms with van der Waals surface area (Å²) in [6.45, 7) is 4.59. The number of nitrogens with zero attached hydrogens (tertiary/aromatic N) is 1. The van der Waals surface area contributed by atoms with Crippen LogP contribution in [0.2, 0.25) is 0 Å². The second kappa shape index (κ2) is 7.12. The first-order valence-electron chi connectivity index (χ1n) is 6.98. The number of carboxylic acid groups (broad SMARTS) is 1. The predicted octanol–water partition coefficient (Wildman–Crippen LogP) is 0.409. The van der Waals surface area contributed by atoms with Crippen LogP contribution < -0.4 is 10.6 Å². The van der Waals surface area contributed by atoms with Gasteiger partial charge >= 0.3 is 12.0 Å². The summed E-state index contributed by atoms with van der Waals surface area (Å²) in [7, 11) is 0. The molecule has 0 atom stereocenters. The Morgan fingerprint density at radius 1 is 1.20 bits per heavy atom. The minimum Gasteiger partial charge on any atom is -0.481 e. The number of carbonyl (C=O) groups is 3. The topological polar surface area (TPSA) is 98.7 Å². The van der Waals surface area contributed by atoms with Gasteiger partial charge in [-0.1, -0.05) is 6.42 Å². The summed E-state index contributed by atoms with van der Waals surface area (Å²) in [4.78, 5) is 36.0. The number of amides is 3. The van der Waals surface area contributed by atoms with E-state index >= 15 is 0 Å². The maximum absolute atomic E-state index is 12.0. The first-order chi connectivity index (χ1) is 9.45. The van der Waals surface area contributed by atoms with Gasteiger partial charge in [-0.25, -0.2) is 4.79 Å². The van der Waals surface area contributed by atoms with Crippen LogP contribution in [0, 0.1) is 5.41 Å². The van der Waals surface area contributed by atoms with Gasteiger partial charge in [0, 0.05) is 19.6 Å². The number of urea groups is 1. The van der Waals surface area contributed by atoms with E-state index in [1.54, 1.807) is 6.92 Å². The fourth-order valence-electron chi connectivity index (χ4n) is 2.18. The summed E-state index contributed by atoms with van der Waals surface area (Å²) < 4.78 is 0. The second-order valence-electron chi connectivity index (χ2n) is 5.07. The molecule has 0 aliphatic heterocycles. The number of nitrogens with one attached hydrogen (secondary N) is 2. The van der Waals surface area contributed by atoms with Crippen molar-refractivity contribution in [3.05, 3.63) is 0 Å². The van der Waals surface area contributed by atoms with E-state index in [4.69, 9.17) is 0 Å². The average molecular weight is 285 g/mol. The third kappa shape index (κ3) is 3.85. The van der Waals surface area contributed by atoms with Gasteiger partial charge in [0.1, 0.15) is 6.54 Å². The van der Waals surface area contributed by atoms with Gasteiger partial charge in [0.25, 0.3) is 0 Å². The fraction of sp³-hybridized carbons (Fsp3) is 0.769. The van der Waals surface area contributed by atoms with Gasteiger partial charge < -0.3 is 20.6 Å². The quantitative estimate of drug-likeness (QED) is 0.631. The van der Waals surface area contributed by atoms with Crippen LogP contribution in [-0.2, 0) is 9.59 Å². The minimum absolute atomic E-state index is 0.0176. The molecule has 0 unspecified atom stereocenters. The van der Waals surface area contributed by atoms with Gasteiger partial charge in [0.15, 0.2) is 0 Å². The molecule has 0 radical (unpaired) electrons. The van der Waals surface area contributed by atoms with E-state index in [1.165, 1.54) is 4.90 Å². The molecule has 114 valence electrons. The Balaban J connectivity index is 2.47. The Morgan fingerprint density at radius 2 is 1.85 bits per heavy atom. The molecule has 0 bridgehead atoms. The van der Waals surface area contributed by atoms with E-state index in [9.17, 15) is 19.5 Å². The molecule has 1 fully saturated rings. The molecule has 0 aromatic heterocycles. The average Bonchev–Trinajstić information content (AvgIpc) is 2.34. The van der Waals surface area contributed by atoms with Crippen molar-refractivity contribution in [2.45, 2.75) is 33.1 Å². The van der Waals surface area contributed by atoms with Crippen molar-refractivity contribution in [1.29, 1.82) is 0 Å². The van der Waals surface area contributed by atoms with Crippen LogP contribution in [0.1, 0.15) is 33.1 Å². The van der Waals surface area contributed by atoms with E-state index in [1.807, 2.05) is 6.92 Å². The Labute approximate surface area is 118 Å². The van der Waals surface area contributed by atoms with Crippen molar-refractivity contribution in [2.75, 3.05) is 26.2 Å². The molecule has 7 heteroatoms. The van der Waals surface area contributed by atoms with Crippen molar-refractivity contribution in [3.63, 3.8) is 0 Å². The van der Waals surface area contributed by atoms with Crippen LogP contribution in [-0.4, -0.2) is 54.1 Å². The highest BCUT2D eigenvalue weighted by atomic mass is 16.4. The second-order valence-corrected chi connectivity index (χ2v) is 5.07. The highest BCUT2D eigenvalue weighted by Gasteiger charge is 2.44. The maximum Gasteiger partial charge on any atom is 0.317 e. The van der Waals surface area contributed by atoms with Gasteiger partial charge in [-0.15, -0.1) is 0 Å². The van der Waals surface area contributed by atoms with Gasteiger partial charge in [-0.3, -0.25) is 9.59 Å². The molecule has 1 aliphatic carbocycles. The molecular formula is C13H23N3O4. The summed E-state index contributed by atoms with van der Waals surface area (Å²) in [5, 5.41) is 14.4. The maximum atomic E-state index is 12.0. The molecule has 3 N–H and O–H groups in total. The highest BCUT2D eigenvalue weighted by molar-refractivity contribution is 5.84. The van der Waals surface area contributed by atoms with Crippen molar-refractivity contribution in [2.24, 2.45) is 5.41 Å². The molecule has 0 heterocycles. The molecule has 0 aromatic carbocycles. The number of hydrogen-bond acceptors (Lipinski definition) is 3. The summed E-state index contributed by atoms with van der Waals surface area (Å²) in [6.07, 6.45) is 2.05. The molecule has 0 saturated heterocycles. The third-order valence-electron chi connectivity index (χ3n) is 3.72. The molecule has 20 heavy (non-hydrogen) atoms. The fourth-order valence-corrected chi connectivity index (χ4v) is 2.18. The normalized spacial score (nSPS) is 15.9. The van der Waals surface area contributed by atoms with Gasteiger partial charge in [-0.05, 0) is 26.7 Å². The number of rotatable bonds is 7. The molecule has 1 rings (SSSR count). The van der Waals surface area contributed by atoms with Gasteiger partial charge in [-0.2, -0.15) is 0 Å². The molecule has 1 aliphatic rings. The first-order valence-corrected chi connectivity index (χ1v) is 6.98. The largest absolute Gasteiger partial charge is 0.481 e. The van der Waals surface area contributed by atoms with Crippen LogP contribution in [0.5, 0.6) is 0 Å². The van der Waals surface area contributed by atoms with Gasteiger partial charge in [0.05, 0.1) is 5.41 Å². The lowest BCUT2D eigenvalue weighted by atomic mass is 9.69. The highest BCUT2D eigenvalue weighted by Crippen LogP contribution is 2.40. The molecule has 0 spiro atoms. The zero-order chi connectivity index (χ0) is 15.2. The smallest absolute Gasteiger partial charge is 0.317 e. The Morgan fingerprint density at radius 3 is 2.25 bits per heavy atom. The van der Waals surface area contributed by atoms with Gasteiger partial charge in [0.2, 0.25) is 5.91 Å². The monoisotopic (exact) mass is 285 g/mol. The lowest BCUT2D eigenvalue weighted by molar-refractivity contribution is -0.153. The third-order valence-corrected chi connectivity index (χ3v) is 3.72. The molecule has 1 saturated carbocycles. The van der Waals surface area contributed by atoms with E-state index in [0.29, 0.717) is 25.9 Å². The van der Waals surface area contributed by atoms with Crippen molar-refractivity contribution in [3.8, 4) is 0 Å². The summed E-state index contributed by atoms with van der Waals surface area (Å²) in [5.74, 6) is -1.09. The van der Waals surface area contributed by atoms with Crippen LogP contribution in [0.3, 0.4) is 0 Å². The number of hydrogen-bond donors (Lipinski definition) is 3. The lowest BCUT2D eigenvalue weighted by Gasteiger charge is -2.38. The van der Waals surface area contributed by atoms with E-state index < -0.39 is 17.4 Å². The van der Waals surface area contributed by atoms with E-state index in [2.05, 4.69) is 10.6 Å². The molecular weight excluding hydrogens is 262 g/mol. The standard InChI is InChI=1S/C13H23N3O4/c1-3-14-10(17)8-16(4-2)12(20)15-9-13(11(18)19)6-5-7-13/h3-9H2,1-2H3,(H,14,17)(H,15,20)(H,18,19). The minimum atomic E-state index is -0.865. The molecule has 0 aromatic rings. The Kier molecular flexibility index (Phi) is 5.79. The summed E-state index contributed by atoms with van der Waals surface area (Å²) in [5.41, 5.74) is -0.819. The van der Waals surface area contributed by atoms with Crippen LogP contribution in [0.15, 0.2) is 0 Å². The van der Waals surface area contributed by atoms with Crippen molar-refractivity contribution < 1.29 is 19.5 Å². The van der Waals surface area contributed by atoms with Crippen LogP contribution in [0.25, 0.3) is 0 Å². The number of likely N-dealkylation sites (N-methyl/N-ethyl adjacent to an activating group) is 2. The van der Waals surface area contributed by atoms with Crippen LogP contribution >= 0.6 is 0 Å². The van der Waals surface area contributed by atoms with E-state index in [0.717, 1.165) is 6.42 Å². The zero-order valence-corrected chi connectivity index (χ0v) is 12.1. The molecule has 7 nitrogen and oxygen atoms in total. The van der Waals surface area contributed by atoms with Crippen LogP contribution in [0.4, 0.5) is 4.79 Å². The first kappa shape index (κ1) is 16.3.